The van der Waals surface area contributed by atoms with Crippen LogP contribution in [0.1, 0.15) is 39.7 Å². The highest BCUT2D eigenvalue weighted by atomic mass is 16.6. The smallest absolute Gasteiger partial charge is 0.410 e. The highest BCUT2D eigenvalue weighted by molar-refractivity contribution is 5.77. The molecule has 0 aliphatic carbocycles. The number of benzene rings is 1. The number of carbonyl (C=O) groups excluding carboxylic acids is 1. The Balaban J connectivity index is 1.77. The molecule has 0 unspecified atom stereocenters. The Morgan fingerprint density at radius 2 is 1.92 bits per heavy atom. The predicted octanol–water partition coefficient (Wildman–Crippen LogP) is 2.91. The second-order valence-electron chi connectivity index (χ2n) is 7.38. The first-order chi connectivity index (χ1) is 11.8. The summed E-state index contributed by atoms with van der Waals surface area (Å²) in [5, 5.41) is 0. The van der Waals surface area contributed by atoms with E-state index >= 15 is 0 Å². The molecule has 3 rings (SSSR count). The number of methoxy groups -OCH3 is 1. The Morgan fingerprint density at radius 3 is 2.52 bits per heavy atom. The highest BCUT2D eigenvalue weighted by Gasteiger charge is 2.29. The van der Waals surface area contributed by atoms with Crippen molar-refractivity contribution in [2.45, 2.75) is 45.3 Å². The van der Waals surface area contributed by atoms with Crippen molar-refractivity contribution in [3.63, 3.8) is 0 Å². The zero-order valence-electron chi connectivity index (χ0n) is 15.2. The number of nitrogens with one attached hydrogen (secondary N) is 1. The van der Waals surface area contributed by atoms with Crippen molar-refractivity contribution in [3.05, 3.63) is 28.7 Å². The number of rotatable bonds is 2. The van der Waals surface area contributed by atoms with E-state index in [1.807, 2.05) is 39.0 Å². The van der Waals surface area contributed by atoms with E-state index in [0.717, 1.165) is 11.0 Å². The molecule has 1 aliphatic rings. The molecule has 1 N–H and O–H groups in total. The first-order valence-corrected chi connectivity index (χ1v) is 8.54. The molecule has 136 valence electrons. The molecular formula is C18H25N3O4. The third-order valence-corrected chi connectivity index (χ3v) is 4.41. The van der Waals surface area contributed by atoms with E-state index in [0.29, 0.717) is 31.7 Å². The quantitative estimate of drug-likeness (QED) is 0.906. The number of ether oxygens (including phenoxy) is 2. The third-order valence-electron chi connectivity index (χ3n) is 4.41. The maximum Gasteiger partial charge on any atom is 0.410 e. The van der Waals surface area contributed by atoms with Crippen LogP contribution in [0.2, 0.25) is 0 Å². The molecule has 0 saturated carbocycles. The van der Waals surface area contributed by atoms with Gasteiger partial charge in [-0.1, -0.05) is 0 Å². The number of nitrogens with zero attached hydrogens (tertiary/aromatic N) is 2. The number of hydrogen-bond acceptors (Lipinski definition) is 4. The van der Waals surface area contributed by atoms with Crippen LogP contribution in [0.4, 0.5) is 4.79 Å². The lowest BCUT2D eigenvalue weighted by atomic mass is 10.0. The molecule has 25 heavy (non-hydrogen) atoms. The van der Waals surface area contributed by atoms with Crippen molar-refractivity contribution in [2.75, 3.05) is 20.2 Å². The fourth-order valence-electron chi connectivity index (χ4n) is 3.22. The van der Waals surface area contributed by atoms with Gasteiger partial charge in [0.25, 0.3) is 0 Å². The molecule has 0 radical (unpaired) electrons. The molecule has 0 atom stereocenters. The molecule has 7 heteroatoms. The second-order valence-corrected chi connectivity index (χ2v) is 7.38. The van der Waals surface area contributed by atoms with Gasteiger partial charge in [0.1, 0.15) is 11.4 Å². The molecule has 2 aromatic rings. The second kappa shape index (κ2) is 6.46. The van der Waals surface area contributed by atoms with E-state index in [1.54, 1.807) is 16.6 Å². The van der Waals surface area contributed by atoms with Crippen LogP contribution >= 0.6 is 0 Å². The van der Waals surface area contributed by atoms with Gasteiger partial charge in [0, 0.05) is 25.2 Å². The van der Waals surface area contributed by atoms with Gasteiger partial charge in [-0.3, -0.25) is 4.57 Å². The summed E-state index contributed by atoms with van der Waals surface area (Å²) in [4.78, 5) is 29.2. The van der Waals surface area contributed by atoms with Crippen molar-refractivity contribution in [1.29, 1.82) is 0 Å². The summed E-state index contributed by atoms with van der Waals surface area (Å²) < 4.78 is 12.5. The standard InChI is InChI=1S/C18H25N3O4/c1-18(2,3)25-17(23)20-9-7-12(8-10-20)21-15-11-13(24-4)5-6-14(15)19-16(21)22/h5-6,11-12H,7-10H2,1-4H3,(H,19,22). The number of aromatic amines is 1. The Labute approximate surface area is 146 Å². The van der Waals surface area contributed by atoms with Crippen molar-refractivity contribution in [3.8, 4) is 5.75 Å². The van der Waals surface area contributed by atoms with Crippen LogP contribution in [-0.4, -0.2) is 46.3 Å². The Hall–Kier alpha value is -2.44. The van der Waals surface area contributed by atoms with Gasteiger partial charge in [0.05, 0.1) is 18.1 Å². The molecule has 1 saturated heterocycles. The van der Waals surface area contributed by atoms with Gasteiger partial charge in [0.2, 0.25) is 0 Å². The maximum absolute atomic E-state index is 12.4. The monoisotopic (exact) mass is 347 g/mol. The van der Waals surface area contributed by atoms with Crippen molar-refractivity contribution in [2.24, 2.45) is 0 Å². The summed E-state index contributed by atoms with van der Waals surface area (Å²) in [6.45, 7) is 6.72. The van der Waals surface area contributed by atoms with E-state index < -0.39 is 5.60 Å². The Kier molecular flexibility index (Phi) is 4.49. The topological polar surface area (TPSA) is 76.6 Å². The number of hydrogen-bond donors (Lipinski definition) is 1. The first-order valence-electron chi connectivity index (χ1n) is 8.54. The lowest BCUT2D eigenvalue weighted by Gasteiger charge is -2.33. The van der Waals surface area contributed by atoms with Crippen LogP contribution in [-0.2, 0) is 4.74 Å². The molecule has 0 bridgehead atoms. The Bertz CT molecular complexity index is 823. The third kappa shape index (κ3) is 3.65. The minimum Gasteiger partial charge on any atom is -0.497 e. The SMILES string of the molecule is COc1ccc2[nH]c(=O)n(C3CCN(C(=O)OC(C)(C)C)CC3)c2c1. The Morgan fingerprint density at radius 1 is 1.24 bits per heavy atom. The van der Waals surface area contributed by atoms with E-state index in [4.69, 9.17) is 9.47 Å². The molecule has 1 fully saturated rings. The van der Waals surface area contributed by atoms with Crippen molar-refractivity contribution in [1.82, 2.24) is 14.5 Å². The van der Waals surface area contributed by atoms with E-state index in [9.17, 15) is 9.59 Å². The van der Waals surface area contributed by atoms with Crippen molar-refractivity contribution < 1.29 is 14.3 Å². The lowest BCUT2D eigenvalue weighted by Crippen LogP contribution is -2.43. The normalized spacial score (nSPS) is 16.2. The van der Waals surface area contributed by atoms with Gasteiger partial charge in [-0.25, -0.2) is 9.59 Å². The lowest BCUT2D eigenvalue weighted by molar-refractivity contribution is 0.0189. The number of fused-ring (bicyclic) bond motifs is 1. The fourth-order valence-corrected chi connectivity index (χ4v) is 3.22. The zero-order valence-corrected chi connectivity index (χ0v) is 15.2. The van der Waals surface area contributed by atoms with E-state index in [1.165, 1.54) is 0 Å². The molecule has 1 amide bonds. The summed E-state index contributed by atoms with van der Waals surface area (Å²) in [6.07, 6.45) is 1.13. The molecule has 7 nitrogen and oxygen atoms in total. The highest BCUT2D eigenvalue weighted by Crippen LogP contribution is 2.27. The van der Waals surface area contributed by atoms with Crippen LogP contribution in [0.3, 0.4) is 0 Å². The average Bonchev–Trinajstić information content (AvgIpc) is 2.88. The molecular weight excluding hydrogens is 322 g/mol. The number of carbonyl (C=O) groups is 1. The molecule has 1 aromatic heterocycles. The average molecular weight is 347 g/mol. The molecule has 0 spiro atoms. The van der Waals surface area contributed by atoms with Crippen molar-refractivity contribution >= 4 is 17.1 Å². The fraction of sp³-hybridized carbons (Fsp3) is 0.556. The number of H-pyrrole nitrogens is 1. The van der Waals surface area contributed by atoms with Crippen LogP contribution in [0.15, 0.2) is 23.0 Å². The minimum absolute atomic E-state index is 0.0482. The van der Waals surface area contributed by atoms with Crippen LogP contribution in [0.25, 0.3) is 11.0 Å². The number of imidazole rings is 1. The molecule has 1 aliphatic heterocycles. The summed E-state index contributed by atoms with van der Waals surface area (Å²) in [7, 11) is 1.61. The van der Waals surface area contributed by atoms with E-state index in [-0.39, 0.29) is 17.8 Å². The predicted molar refractivity (Wildman–Crippen MR) is 95.2 cm³/mol. The van der Waals surface area contributed by atoms with Gasteiger partial charge in [-0.15, -0.1) is 0 Å². The van der Waals surface area contributed by atoms with E-state index in [2.05, 4.69) is 4.98 Å². The summed E-state index contributed by atoms with van der Waals surface area (Å²) >= 11 is 0. The number of likely N-dealkylation sites (tertiary alicyclic amines) is 1. The van der Waals surface area contributed by atoms with Gasteiger partial charge in [-0.2, -0.15) is 0 Å². The zero-order chi connectivity index (χ0) is 18.2. The summed E-state index contributed by atoms with van der Waals surface area (Å²) in [5.74, 6) is 0.714. The molecule has 2 heterocycles. The van der Waals surface area contributed by atoms with Gasteiger partial charge in [0.15, 0.2) is 0 Å². The number of amides is 1. The number of piperidine rings is 1. The summed E-state index contributed by atoms with van der Waals surface area (Å²) in [6, 6.07) is 5.59. The largest absolute Gasteiger partial charge is 0.497 e. The number of aromatic nitrogens is 2. The van der Waals surface area contributed by atoms with Gasteiger partial charge >= 0.3 is 11.8 Å². The van der Waals surface area contributed by atoms with Crippen LogP contribution in [0.5, 0.6) is 5.75 Å². The summed E-state index contributed by atoms with van der Waals surface area (Å²) in [5.41, 5.74) is 0.998. The van der Waals surface area contributed by atoms with Gasteiger partial charge in [-0.05, 0) is 45.7 Å². The van der Waals surface area contributed by atoms with Gasteiger partial charge < -0.3 is 19.4 Å². The maximum atomic E-state index is 12.4. The minimum atomic E-state index is -0.502. The first kappa shape index (κ1) is 17.4. The van der Waals surface area contributed by atoms with Crippen LogP contribution < -0.4 is 10.4 Å². The van der Waals surface area contributed by atoms with Crippen LogP contribution in [0, 0.1) is 0 Å². The molecule has 1 aromatic carbocycles.